The molecule has 4 atom stereocenters. The molecule has 0 spiro atoms. The van der Waals surface area contributed by atoms with Crippen molar-refractivity contribution in [3.8, 4) is 0 Å². The molecular formula is C24H33ClN2O2. The van der Waals surface area contributed by atoms with Crippen molar-refractivity contribution in [2.45, 2.75) is 76.8 Å². The van der Waals surface area contributed by atoms with Crippen LogP contribution in [0.3, 0.4) is 0 Å². The third-order valence-electron chi connectivity index (χ3n) is 7.00. The maximum absolute atomic E-state index is 13.5. The van der Waals surface area contributed by atoms with Crippen LogP contribution in [0.1, 0.15) is 70.3 Å². The van der Waals surface area contributed by atoms with Crippen molar-refractivity contribution >= 4 is 23.4 Å². The van der Waals surface area contributed by atoms with Gasteiger partial charge in [0.2, 0.25) is 11.8 Å². The molecule has 4 rings (SSSR count). The molecule has 1 aromatic carbocycles. The molecule has 1 aromatic rings. The van der Waals surface area contributed by atoms with E-state index < -0.39 is 0 Å². The molecule has 4 nitrogen and oxygen atoms in total. The van der Waals surface area contributed by atoms with E-state index in [-0.39, 0.29) is 35.7 Å². The van der Waals surface area contributed by atoms with Gasteiger partial charge in [0.1, 0.15) is 6.04 Å². The fourth-order valence-electron chi connectivity index (χ4n) is 5.29. The number of benzene rings is 1. The highest BCUT2D eigenvalue weighted by molar-refractivity contribution is 6.30. The summed E-state index contributed by atoms with van der Waals surface area (Å²) in [6, 6.07) is 7.63. The van der Waals surface area contributed by atoms with Gasteiger partial charge < -0.3 is 10.2 Å². The molecule has 3 aliphatic rings. The third-order valence-corrected chi connectivity index (χ3v) is 7.25. The number of rotatable bonds is 5. The topological polar surface area (TPSA) is 49.4 Å². The minimum absolute atomic E-state index is 0.00347. The van der Waals surface area contributed by atoms with E-state index in [0.29, 0.717) is 18.4 Å². The van der Waals surface area contributed by atoms with Crippen molar-refractivity contribution in [1.29, 1.82) is 0 Å². The SMILES string of the molecule is CC(C)C[C@H]1C(=O)N[C@@H](C2CCCCC2)CN1C(=O)[C@@H]1C[C@H]1c1ccc(Cl)cc1. The Hall–Kier alpha value is -1.55. The van der Waals surface area contributed by atoms with E-state index in [2.05, 4.69) is 19.2 Å². The van der Waals surface area contributed by atoms with E-state index in [1.54, 1.807) is 0 Å². The summed E-state index contributed by atoms with van der Waals surface area (Å²) in [7, 11) is 0. The molecule has 0 aromatic heterocycles. The number of hydrogen-bond acceptors (Lipinski definition) is 2. The molecule has 2 saturated carbocycles. The van der Waals surface area contributed by atoms with Gasteiger partial charge in [-0.2, -0.15) is 0 Å². The lowest BCUT2D eigenvalue weighted by molar-refractivity contribution is -0.147. The summed E-state index contributed by atoms with van der Waals surface area (Å²) in [4.78, 5) is 28.4. The van der Waals surface area contributed by atoms with Crippen LogP contribution in [0.15, 0.2) is 24.3 Å². The van der Waals surface area contributed by atoms with Gasteiger partial charge in [-0.25, -0.2) is 0 Å². The van der Waals surface area contributed by atoms with Gasteiger partial charge in [-0.3, -0.25) is 9.59 Å². The smallest absolute Gasteiger partial charge is 0.243 e. The highest BCUT2D eigenvalue weighted by Crippen LogP contribution is 2.49. The molecule has 3 fully saturated rings. The molecular weight excluding hydrogens is 384 g/mol. The van der Waals surface area contributed by atoms with Gasteiger partial charge >= 0.3 is 0 Å². The Labute approximate surface area is 179 Å². The van der Waals surface area contributed by atoms with Crippen LogP contribution in [-0.4, -0.2) is 35.3 Å². The second-order valence-corrected chi connectivity index (χ2v) is 10.1. The molecule has 0 radical (unpaired) electrons. The van der Waals surface area contributed by atoms with Crippen molar-refractivity contribution in [1.82, 2.24) is 10.2 Å². The summed E-state index contributed by atoms with van der Waals surface area (Å²) >= 11 is 6.01. The molecule has 5 heteroatoms. The number of piperazine rings is 1. The first kappa shape index (κ1) is 20.7. The van der Waals surface area contributed by atoms with Crippen LogP contribution in [0.2, 0.25) is 5.02 Å². The minimum atomic E-state index is -0.325. The fraction of sp³-hybridized carbons (Fsp3) is 0.667. The summed E-state index contributed by atoms with van der Waals surface area (Å²) in [5, 5.41) is 4.01. The predicted octanol–water partition coefficient (Wildman–Crippen LogP) is 4.77. The second-order valence-electron chi connectivity index (χ2n) is 9.65. The van der Waals surface area contributed by atoms with E-state index in [0.717, 1.165) is 17.9 Å². The van der Waals surface area contributed by atoms with E-state index in [9.17, 15) is 9.59 Å². The number of nitrogens with zero attached hydrogens (tertiary/aromatic N) is 1. The Kier molecular flexibility index (Phi) is 6.19. The molecule has 0 bridgehead atoms. The van der Waals surface area contributed by atoms with Crippen LogP contribution in [-0.2, 0) is 9.59 Å². The molecule has 1 aliphatic heterocycles. The Morgan fingerprint density at radius 3 is 2.52 bits per heavy atom. The first-order valence-electron chi connectivity index (χ1n) is 11.3. The number of nitrogens with one attached hydrogen (secondary N) is 1. The van der Waals surface area contributed by atoms with Crippen molar-refractivity contribution in [2.24, 2.45) is 17.8 Å². The molecule has 2 amide bonds. The molecule has 2 aliphatic carbocycles. The van der Waals surface area contributed by atoms with Gasteiger partial charge in [-0.1, -0.05) is 56.8 Å². The van der Waals surface area contributed by atoms with E-state index >= 15 is 0 Å². The van der Waals surface area contributed by atoms with Crippen LogP contribution in [0, 0.1) is 17.8 Å². The number of carbonyl (C=O) groups is 2. The number of hydrogen-bond donors (Lipinski definition) is 1. The van der Waals surface area contributed by atoms with Crippen molar-refractivity contribution in [3.63, 3.8) is 0 Å². The first-order valence-corrected chi connectivity index (χ1v) is 11.7. The number of carbonyl (C=O) groups excluding carboxylic acids is 2. The summed E-state index contributed by atoms with van der Waals surface area (Å²) in [6.07, 6.45) is 7.70. The van der Waals surface area contributed by atoms with Crippen LogP contribution >= 0.6 is 11.6 Å². The number of halogens is 1. The normalized spacial score (nSPS) is 30.3. The van der Waals surface area contributed by atoms with Gasteiger partial charge in [0, 0.05) is 23.5 Å². The van der Waals surface area contributed by atoms with Gasteiger partial charge in [0.15, 0.2) is 0 Å². The lowest BCUT2D eigenvalue weighted by Crippen LogP contribution is -2.64. The molecule has 1 saturated heterocycles. The lowest BCUT2D eigenvalue weighted by atomic mass is 9.82. The maximum Gasteiger partial charge on any atom is 0.243 e. The van der Waals surface area contributed by atoms with Gasteiger partial charge in [-0.05, 0) is 61.1 Å². The molecule has 1 N–H and O–H groups in total. The zero-order valence-electron chi connectivity index (χ0n) is 17.6. The van der Waals surface area contributed by atoms with Crippen molar-refractivity contribution < 1.29 is 9.59 Å². The Bertz CT molecular complexity index is 742. The fourth-order valence-corrected chi connectivity index (χ4v) is 5.42. The summed E-state index contributed by atoms with van der Waals surface area (Å²) in [6.45, 7) is 4.92. The zero-order chi connectivity index (χ0) is 20.5. The van der Waals surface area contributed by atoms with Crippen molar-refractivity contribution in [2.75, 3.05) is 6.54 Å². The minimum Gasteiger partial charge on any atom is -0.350 e. The van der Waals surface area contributed by atoms with E-state index in [1.165, 1.54) is 37.7 Å². The van der Waals surface area contributed by atoms with Gasteiger partial charge in [0.25, 0.3) is 0 Å². The monoisotopic (exact) mass is 416 g/mol. The molecule has 0 unspecified atom stereocenters. The molecule has 158 valence electrons. The highest BCUT2D eigenvalue weighted by Gasteiger charge is 2.49. The second kappa shape index (κ2) is 8.67. The van der Waals surface area contributed by atoms with Crippen molar-refractivity contribution in [3.05, 3.63) is 34.9 Å². The Balaban J connectivity index is 1.49. The summed E-state index contributed by atoms with van der Waals surface area (Å²) in [5.74, 6) is 1.37. The van der Waals surface area contributed by atoms with E-state index in [1.807, 2.05) is 29.2 Å². The average molecular weight is 417 g/mol. The molecule has 29 heavy (non-hydrogen) atoms. The zero-order valence-corrected chi connectivity index (χ0v) is 18.3. The first-order chi connectivity index (χ1) is 13.9. The largest absolute Gasteiger partial charge is 0.350 e. The standard InChI is InChI=1S/C24H33ClN2O2/c1-15(2)12-22-23(28)26-21(17-6-4-3-5-7-17)14-27(22)24(29)20-13-19(20)16-8-10-18(25)11-9-16/h8-11,15,17,19-22H,3-7,12-14H2,1-2H3,(H,26,28)/t19-,20+,21+,22-/m0/s1. The van der Waals surface area contributed by atoms with Crippen LogP contribution in [0.25, 0.3) is 0 Å². The van der Waals surface area contributed by atoms with Crippen LogP contribution < -0.4 is 5.32 Å². The van der Waals surface area contributed by atoms with Crippen LogP contribution in [0.5, 0.6) is 0 Å². The Morgan fingerprint density at radius 2 is 1.86 bits per heavy atom. The Morgan fingerprint density at radius 1 is 1.17 bits per heavy atom. The average Bonchev–Trinajstić information content (AvgIpc) is 3.50. The summed E-state index contributed by atoms with van der Waals surface area (Å²) < 4.78 is 0. The number of amides is 2. The predicted molar refractivity (Wildman–Crippen MR) is 116 cm³/mol. The third kappa shape index (κ3) is 4.63. The quantitative estimate of drug-likeness (QED) is 0.751. The lowest BCUT2D eigenvalue weighted by Gasteiger charge is -2.43. The maximum atomic E-state index is 13.5. The van der Waals surface area contributed by atoms with Gasteiger partial charge in [-0.15, -0.1) is 0 Å². The highest BCUT2D eigenvalue weighted by atomic mass is 35.5. The molecule has 1 heterocycles. The summed E-state index contributed by atoms with van der Waals surface area (Å²) in [5.41, 5.74) is 1.18. The van der Waals surface area contributed by atoms with Crippen LogP contribution in [0.4, 0.5) is 0 Å². The van der Waals surface area contributed by atoms with Gasteiger partial charge in [0.05, 0.1) is 0 Å². The van der Waals surface area contributed by atoms with E-state index in [4.69, 9.17) is 11.6 Å².